The molecule has 0 atom stereocenters. The number of benzene rings is 2. The average Bonchev–Trinajstić information content (AvgIpc) is 2.96. The fourth-order valence-corrected chi connectivity index (χ4v) is 4.02. The SMILES string of the molecule is O=C(NN1C(=O)C(=CC=Cc2ccccc2[N+](=O)[O-])SC1=S)c1ccccc1Br. The van der Waals surface area contributed by atoms with Crippen LogP contribution < -0.4 is 5.43 Å². The van der Waals surface area contributed by atoms with E-state index in [-0.39, 0.29) is 14.9 Å². The molecule has 0 aliphatic carbocycles. The number of rotatable bonds is 5. The minimum atomic E-state index is -0.481. The average molecular weight is 490 g/mol. The molecule has 1 fully saturated rings. The molecule has 7 nitrogen and oxygen atoms in total. The van der Waals surface area contributed by atoms with Gasteiger partial charge in [0.05, 0.1) is 21.0 Å². The van der Waals surface area contributed by atoms with Crippen molar-refractivity contribution in [2.24, 2.45) is 0 Å². The van der Waals surface area contributed by atoms with Crippen molar-refractivity contribution < 1.29 is 14.5 Å². The third-order valence-corrected chi connectivity index (χ3v) is 5.79. The second kappa shape index (κ2) is 9.12. The van der Waals surface area contributed by atoms with Crippen molar-refractivity contribution in [1.29, 1.82) is 0 Å². The molecule has 0 aromatic heterocycles. The minimum absolute atomic E-state index is 0.0367. The lowest BCUT2D eigenvalue weighted by molar-refractivity contribution is -0.385. The number of allylic oxidation sites excluding steroid dienone is 2. The Kier molecular flexibility index (Phi) is 6.57. The quantitative estimate of drug-likeness (QED) is 0.288. The topological polar surface area (TPSA) is 92.6 Å². The van der Waals surface area contributed by atoms with Crippen LogP contribution in [0.4, 0.5) is 5.69 Å². The number of hydrogen-bond donors (Lipinski definition) is 1. The van der Waals surface area contributed by atoms with Gasteiger partial charge in [-0.3, -0.25) is 25.1 Å². The van der Waals surface area contributed by atoms with Gasteiger partial charge in [-0.1, -0.05) is 42.1 Å². The number of thioether (sulfide) groups is 1. The van der Waals surface area contributed by atoms with Gasteiger partial charge in [0.1, 0.15) is 0 Å². The summed E-state index contributed by atoms with van der Waals surface area (Å²) in [6, 6.07) is 13.1. The van der Waals surface area contributed by atoms with Gasteiger partial charge in [0, 0.05) is 10.5 Å². The maximum Gasteiger partial charge on any atom is 0.285 e. The number of halogens is 1. The van der Waals surface area contributed by atoms with Crippen LogP contribution >= 0.6 is 39.9 Å². The second-order valence-electron chi connectivity index (χ2n) is 5.64. The van der Waals surface area contributed by atoms with Gasteiger partial charge in [-0.05, 0) is 58.5 Å². The van der Waals surface area contributed by atoms with Gasteiger partial charge in [-0.25, -0.2) is 0 Å². The molecular formula is C19H12BrN3O4S2. The zero-order valence-corrected chi connectivity index (χ0v) is 17.8. The maximum atomic E-state index is 12.6. The number of thiocarbonyl (C=S) groups is 1. The van der Waals surface area contributed by atoms with Gasteiger partial charge in [-0.15, -0.1) is 0 Å². The Labute approximate surface area is 183 Å². The number of hydrazine groups is 1. The van der Waals surface area contributed by atoms with E-state index in [0.29, 0.717) is 15.6 Å². The second-order valence-corrected chi connectivity index (χ2v) is 8.17. The molecule has 10 heteroatoms. The standard InChI is InChI=1S/C19H12BrN3O4S2/c20-14-9-3-2-8-13(14)17(24)21-22-18(25)16(29-19(22)28)11-5-7-12-6-1-4-10-15(12)23(26)27/h1-11H,(H,21,24). The highest BCUT2D eigenvalue weighted by Crippen LogP contribution is 2.30. The summed E-state index contributed by atoms with van der Waals surface area (Å²) in [6.45, 7) is 0. The highest BCUT2D eigenvalue weighted by atomic mass is 79.9. The fourth-order valence-electron chi connectivity index (χ4n) is 2.42. The molecule has 1 heterocycles. The Balaban J connectivity index is 1.74. The van der Waals surface area contributed by atoms with Crippen LogP contribution in [-0.4, -0.2) is 26.1 Å². The van der Waals surface area contributed by atoms with Crippen LogP contribution in [0.25, 0.3) is 6.08 Å². The number of nitrogens with zero attached hydrogens (tertiary/aromatic N) is 2. The molecule has 146 valence electrons. The van der Waals surface area contributed by atoms with Crippen molar-refractivity contribution in [3.8, 4) is 0 Å². The Bertz CT molecular complexity index is 1080. The molecule has 1 N–H and O–H groups in total. The largest absolute Gasteiger partial charge is 0.285 e. The highest BCUT2D eigenvalue weighted by Gasteiger charge is 2.33. The molecule has 2 aromatic rings. The number of nitro groups is 1. The number of para-hydroxylation sites is 1. The normalized spacial score (nSPS) is 15.3. The van der Waals surface area contributed by atoms with E-state index in [1.54, 1.807) is 42.5 Å². The first-order valence-electron chi connectivity index (χ1n) is 8.12. The molecule has 1 aliphatic heterocycles. The van der Waals surface area contributed by atoms with E-state index in [1.807, 2.05) is 0 Å². The summed E-state index contributed by atoms with van der Waals surface area (Å²) in [6.07, 6.45) is 4.56. The molecule has 29 heavy (non-hydrogen) atoms. The summed E-state index contributed by atoms with van der Waals surface area (Å²) in [5.41, 5.74) is 3.23. The Morgan fingerprint density at radius 1 is 1.21 bits per heavy atom. The number of hydrogen-bond acceptors (Lipinski definition) is 6. The first-order chi connectivity index (χ1) is 13.9. The zero-order chi connectivity index (χ0) is 21.0. The first-order valence-corrected chi connectivity index (χ1v) is 10.1. The number of carbonyl (C=O) groups excluding carboxylic acids is 2. The van der Waals surface area contributed by atoms with Gasteiger partial charge >= 0.3 is 0 Å². The zero-order valence-electron chi connectivity index (χ0n) is 14.6. The molecule has 0 bridgehead atoms. The number of nitro benzene ring substituents is 1. The van der Waals surface area contributed by atoms with Crippen molar-refractivity contribution in [3.05, 3.63) is 91.3 Å². The smallest absolute Gasteiger partial charge is 0.267 e. The predicted octanol–water partition coefficient (Wildman–Crippen LogP) is 4.46. The number of carbonyl (C=O) groups is 2. The van der Waals surface area contributed by atoms with Gasteiger partial charge in [-0.2, -0.15) is 5.01 Å². The van der Waals surface area contributed by atoms with Crippen LogP contribution in [0.1, 0.15) is 15.9 Å². The number of amides is 2. The summed E-state index contributed by atoms with van der Waals surface area (Å²) >= 11 is 9.50. The molecule has 1 aliphatic rings. The molecule has 2 amide bonds. The summed E-state index contributed by atoms with van der Waals surface area (Å²) < 4.78 is 0.770. The molecule has 0 saturated carbocycles. The Morgan fingerprint density at radius 2 is 1.90 bits per heavy atom. The van der Waals surface area contributed by atoms with Crippen molar-refractivity contribution >= 4 is 67.8 Å². The summed E-state index contributed by atoms with van der Waals surface area (Å²) in [4.78, 5) is 35.9. The molecule has 0 spiro atoms. The minimum Gasteiger partial charge on any atom is -0.267 e. The summed E-state index contributed by atoms with van der Waals surface area (Å²) in [5.74, 6) is -0.960. The Morgan fingerprint density at radius 3 is 2.62 bits per heavy atom. The van der Waals surface area contributed by atoms with E-state index < -0.39 is 16.7 Å². The first kappa shape index (κ1) is 20.9. The van der Waals surface area contributed by atoms with Crippen molar-refractivity contribution in [3.63, 3.8) is 0 Å². The van der Waals surface area contributed by atoms with Crippen LogP contribution in [0.5, 0.6) is 0 Å². The van der Waals surface area contributed by atoms with E-state index in [4.69, 9.17) is 12.2 Å². The molecule has 0 radical (unpaired) electrons. The van der Waals surface area contributed by atoms with Gasteiger partial charge in [0.15, 0.2) is 4.32 Å². The Hall–Kier alpha value is -2.82. The third kappa shape index (κ3) is 4.78. The van der Waals surface area contributed by atoms with Gasteiger partial charge < -0.3 is 0 Å². The maximum absolute atomic E-state index is 12.6. The van der Waals surface area contributed by atoms with Gasteiger partial charge in [0.2, 0.25) is 0 Å². The van der Waals surface area contributed by atoms with Crippen molar-refractivity contribution in [2.45, 2.75) is 0 Å². The van der Waals surface area contributed by atoms with Crippen LogP contribution in [0.2, 0.25) is 0 Å². The van der Waals surface area contributed by atoms with Crippen LogP contribution in [-0.2, 0) is 4.79 Å². The molecule has 0 unspecified atom stereocenters. The monoisotopic (exact) mass is 489 g/mol. The fraction of sp³-hybridized carbons (Fsp3) is 0. The van der Waals surface area contributed by atoms with Crippen LogP contribution in [0, 0.1) is 10.1 Å². The lowest BCUT2D eigenvalue weighted by Crippen LogP contribution is -2.44. The molecule has 2 aromatic carbocycles. The lowest BCUT2D eigenvalue weighted by atomic mass is 10.1. The molecule has 3 rings (SSSR count). The van der Waals surface area contributed by atoms with Gasteiger partial charge in [0.25, 0.3) is 17.5 Å². The number of nitrogens with one attached hydrogen (secondary N) is 1. The molecule has 1 saturated heterocycles. The van der Waals surface area contributed by atoms with Crippen molar-refractivity contribution in [1.82, 2.24) is 10.4 Å². The van der Waals surface area contributed by atoms with Crippen LogP contribution in [0.15, 0.2) is 70.1 Å². The highest BCUT2D eigenvalue weighted by molar-refractivity contribution is 9.10. The lowest BCUT2D eigenvalue weighted by Gasteiger charge is -2.16. The summed E-state index contributed by atoms with van der Waals surface area (Å²) in [5, 5.41) is 12.1. The van der Waals surface area contributed by atoms with E-state index in [1.165, 1.54) is 24.3 Å². The predicted molar refractivity (Wildman–Crippen MR) is 119 cm³/mol. The van der Waals surface area contributed by atoms with E-state index in [9.17, 15) is 19.7 Å². The van der Waals surface area contributed by atoms with Crippen LogP contribution in [0.3, 0.4) is 0 Å². The van der Waals surface area contributed by atoms with Crippen molar-refractivity contribution in [2.75, 3.05) is 0 Å². The molecular weight excluding hydrogens is 478 g/mol. The third-order valence-electron chi connectivity index (χ3n) is 3.78. The summed E-state index contributed by atoms with van der Waals surface area (Å²) in [7, 11) is 0. The van der Waals surface area contributed by atoms with E-state index >= 15 is 0 Å². The van der Waals surface area contributed by atoms with E-state index in [2.05, 4.69) is 21.4 Å². The van der Waals surface area contributed by atoms with E-state index in [0.717, 1.165) is 16.8 Å².